The molecule has 0 amide bonds. The smallest absolute Gasteiger partial charge is 0.224 e. The van der Waals surface area contributed by atoms with Crippen LogP contribution in [-0.4, -0.2) is 23.6 Å². The molecule has 98 valence electrons. The van der Waals surface area contributed by atoms with Crippen molar-refractivity contribution in [3.8, 4) is 0 Å². The highest BCUT2D eigenvalue weighted by molar-refractivity contribution is 5.51. The number of aryl methyl sites for hydroxylation is 1. The molecule has 0 aliphatic carbocycles. The lowest BCUT2D eigenvalue weighted by Crippen LogP contribution is -2.31. The number of aromatic nitrogens is 2. The normalized spacial score (nSPS) is 14.1. The van der Waals surface area contributed by atoms with Gasteiger partial charge in [-0.15, -0.1) is 0 Å². The molecular formula is C15H18N4. The molecule has 1 aliphatic heterocycles. The van der Waals surface area contributed by atoms with E-state index in [9.17, 15) is 0 Å². The van der Waals surface area contributed by atoms with E-state index in [0.717, 1.165) is 30.9 Å². The molecule has 0 spiro atoms. The van der Waals surface area contributed by atoms with E-state index in [1.165, 1.54) is 11.1 Å². The van der Waals surface area contributed by atoms with Crippen molar-refractivity contribution in [3.05, 3.63) is 47.2 Å². The van der Waals surface area contributed by atoms with Gasteiger partial charge in [0.2, 0.25) is 5.95 Å². The third-order valence-electron chi connectivity index (χ3n) is 3.60. The van der Waals surface area contributed by atoms with E-state index in [1.54, 1.807) is 0 Å². The van der Waals surface area contributed by atoms with E-state index in [-0.39, 0.29) is 0 Å². The fraction of sp³-hybridized carbons (Fsp3) is 0.333. The Morgan fingerprint density at radius 1 is 1.21 bits per heavy atom. The van der Waals surface area contributed by atoms with Gasteiger partial charge in [0.25, 0.3) is 0 Å². The second-order valence-corrected chi connectivity index (χ2v) is 4.89. The van der Waals surface area contributed by atoms with Crippen LogP contribution in [0.5, 0.6) is 0 Å². The Kier molecular flexibility index (Phi) is 3.07. The van der Waals surface area contributed by atoms with Crippen molar-refractivity contribution in [2.45, 2.75) is 19.9 Å². The highest BCUT2D eigenvalue weighted by atomic mass is 15.2. The first kappa shape index (κ1) is 12.0. The standard InChI is InChI=1S/C15H18N4/c1-11-9-17-15(16-2)18-14(11)19-8-7-12-5-3-4-6-13(12)10-19/h3-6,9H,7-8,10H2,1-2H3,(H,16,17,18). The molecule has 0 bridgehead atoms. The summed E-state index contributed by atoms with van der Waals surface area (Å²) in [5.74, 6) is 1.72. The fourth-order valence-electron chi connectivity index (χ4n) is 2.55. The Balaban J connectivity index is 1.92. The number of anilines is 2. The lowest BCUT2D eigenvalue weighted by molar-refractivity contribution is 0.717. The number of fused-ring (bicyclic) bond motifs is 1. The summed E-state index contributed by atoms with van der Waals surface area (Å²) in [6.45, 7) is 4.00. The molecule has 3 rings (SSSR count). The highest BCUT2D eigenvalue weighted by Gasteiger charge is 2.18. The topological polar surface area (TPSA) is 41.1 Å². The number of rotatable bonds is 2. The summed E-state index contributed by atoms with van der Waals surface area (Å²) in [6.07, 6.45) is 2.96. The van der Waals surface area contributed by atoms with E-state index >= 15 is 0 Å². The average molecular weight is 254 g/mol. The zero-order chi connectivity index (χ0) is 13.2. The summed E-state index contributed by atoms with van der Waals surface area (Å²) < 4.78 is 0. The second-order valence-electron chi connectivity index (χ2n) is 4.89. The van der Waals surface area contributed by atoms with Crippen LogP contribution >= 0.6 is 0 Å². The van der Waals surface area contributed by atoms with Gasteiger partial charge in [0, 0.05) is 31.9 Å². The van der Waals surface area contributed by atoms with Crippen LogP contribution in [0.2, 0.25) is 0 Å². The zero-order valence-electron chi connectivity index (χ0n) is 11.3. The summed E-state index contributed by atoms with van der Waals surface area (Å²) in [7, 11) is 1.85. The van der Waals surface area contributed by atoms with E-state index in [4.69, 9.17) is 0 Å². The molecule has 0 fully saturated rings. The molecule has 1 aromatic carbocycles. The van der Waals surface area contributed by atoms with E-state index in [2.05, 4.69) is 51.4 Å². The molecule has 0 atom stereocenters. The van der Waals surface area contributed by atoms with Gasteiger partial charge in [-0.2, -0.15) is 4.98 Å². The molecular weight excluding hydrogens is 236 g/mol. The number of nitrogens with one attached hydrogen (secondary N) is 1. The SMILES string of the molecule is CNc1ncc(C)c(N2CCc3ccccc3C2)n1. The molecule has 4 nitrogen and oxygen atoms in total. The van der Waals surface area contributed by atoms with Crippen molar-refractivity contribution in [3.63, 3.8) is 0 Å². The van der Waals surface area contributed by atoms with Crippen molar-refractivity contribution in [2.75, 3.05) is 23.8 Å². The van der Waals surface area contributed by atoms with Crippen molar-refractivity contribution in [2.24, 2.45) is 0 Å². The number of hydrogen-bond donors (Lipinski definition) is 1. The van der Waals surface area contributed by atoms with Gasteiger partial charge in [-0.25, -0.2) is 4.98 Å². The first-order chi connectivity index (χ1) is 9.28. The Hall–Kier alpha value is -2.10. The van der Waals surface area contributed by atoms with Crippen LogP contribution in [0, 0.1) is 6.92 Å². The number of benzene rings is 1. The van der Waals surface area contributed by atoms with Crippen LogP contribution in [-0.2, 0) is 13.0 Å². The maximum Gasteiger partial charge on any atom is 0.224 e. The first-order valence-electron chi connectivity index (χ1n) is 6.61. The summed E-state index contributed by atoms with van der Waals surface area (Å²) in [6, 6.07) is 8.65. The Morgan fingerprint density at radius 2 is 2.00 bits per heavy atom. The highest BCUT2D eigenvalue weighted by Crippen LogP contribution is 2.25. The predicted molar refractivity (Wildman–Crippen MR) is 77.5 cm³/mol. The minimum Gasteiger partial charge on any atom is -0.357 e. The third kappa shape index (κ3) is 2.26. The Morgan fingerprint density at radius 3 is 2.79 bits per heavy atom. The van der Waals surface area contributed by atoms with Crippen molar-refractivity contribution >= 4 is 11.8 Å². The summed E-state index contributed by atoms with van der Waals surface area (Å²) in [5.41, 5.74) is 3.98. The first-order valence-corrected chi connectivity index (χ1v) is 6.61. The molecule has 4 heteroatoms. The van der Waals surface area contributed by atoms with Gasteiger partial charge < -0.3 is 10.2 Å². The van der Waals surface area contributed by atoms with E-state index in [1.807, 2.05) is 13.2 Å². The van der Waals surface area contributed by atoms with E-state index < -0.39 is 0 Å². The van der Waals surface area contributed by atoms with Crippen molar-refractivity contribution in [1.29, 1.82) is 0 Å². The number of nitrogens with zero attached hydrogens (tertiary/aromatic N) is 3. The largest absolute Gasteiger partial charge is 0.357 e. The molecule has 0 radical (unpaired) electrons. The summed E-state index contributed by atoms with van der Waals surface area (Å²) in [5, 5.41) is 3.00. The Labute approximate surface area is 113 Å². The minimum atomic E-state index is 0.680. The van der Waals surface area contributed by atoms with Gasteiger partial charge in [-0.05, 0) is 24.5 Å². The second kappa shape index (κ2) is 4.88. The van der Waals surface area contributed by atoms with Gasteiger partial charge in [0.05, 0.1) is 0 Å². The lowest BCUT2D eigenvalue weighted by atomic mass is 10.00. The van der Waals surface area contributed by atoms with Crippen molar-refractivity contribution in [1.82, 2.24) is 9.97 Å². The third-order valence-corrected chi connectivity index (χ3v) is 3.60. The summed E-state index contributed by atoms with van der Waals surface area (Å²) in [4.78, 5) is 11.2. The predicted octanol–water partition coefficient (Wildman–Crippen LogP) is 2.39. The van der Waals surface area contributed by atoms with Crippen LogP contribution in [0.15, 0.2) is 30.5 Å². The molecule has 1 N–H and O–H groups in total. The van der Waals surface area contributed by atoms with Gasteiger partial charge in [-0.3, -0.25) is 0 Å². The van der Waals surface area contributed by atoms with Gasteiger partial charge in [0.1, 0.15) is 5.82 Å². The van der Waals surface area contributed by atoms with Gasteiger partial charge >= 0.3 is 0 Å². The van der Waals surface area contributed by atoms with Gasteiger partial charge in [-0.1, -0.05) is 24.3 Å². The van der Waals surface area contributed by atoms with Crippen LogP contribution in [0.4, 0.5) is 11.8 Å². The van der Waals surface area contributed by atoms with Crippen LogP contribution in [0.3, 0.4) is 0 Å². The molecule has 1 aliphatic rings. The van der Waals surface area contributed by atoms with Gasteiger partial charge in [0.15, 0.2) is 0 Å². The molecule has 0 saturated carbocycles. The maximum atomic E-state index is 4.59. The minimum absolute atomic E-state index is 0.680. The van der Waals surface area contributed by atoms with Crippen LogP contribution in [0.25, 0.3) is 0 Å². The number of hydrogen-bond acceptors (Lipinski definition) is 4. The summed E-state index contributed by atoms with van der Waals surface area (Å²) >= 11 is 0. The van der Waals surface area contributed by atoms with E-state index in [0.29, 0.717) is 5.95 Å². The Bertz CT molecular complexity index is 594. The molecule has 2 heterocycles. The maximum absolute atomic E-state index is 4.59. The monoisotopic (exact) mass is 254 g/mol. The zero-order valence-corrected chi connectivity index (χ0v) is 11.3. The molecule has 0 unspecified atom stereocenters. The molecule has 19 heavy (non-hydrogen) atoms. The van der Waals surface area contributed by atoms with Crippen LogP contribution in [0.1, 0.15) is 16.7 Å². The van der Waals surface area contributed by atoms with Crippen molar-refractivity contribution < 1.29 is 0 Å². The average Bonchev–Trinajstić information content (AvgIpc) is 2.47. The molecule has 0 saturated heterocycles. The molecule has 1 aromatic heterocycles. The van der Waals surface area contributed by atoms with Crippen LogP contribution < -0.4 is 10.2 Å². The molecule has 2 aromatic rings. The lowest BCUT2D eigenvalue weighted by Gasteiger charge is -2.30. The quantitative estimate of drug-likeness (QED) is 0.893. The fourth-order valence-corrected chi connectivity index (χ4v) is 2.55.